The topological polar surface area (TPSA) is 104 Å². The number of rotatable bonds is 7. The Morgan fingerprint density at radius 3 is 2.70 bits per heavy atom. The van der Waals surface area contributed by atoms with Crippen LogP contribution in [0.4, 0.5) is 5.88 Å². The van der Waals surface area contributed by atoms with Crippen LogP contribution >= 0.6 is 0 Å². The van der Waals surface area contributed by atoms with Crippen LogP contribution in [0.3, 0.4) is 0 Å². The van der Waals surface area contributed by atoms with Gasteiger partial charge >= 0.3 is 5.88 Å². The summed E-state index contributed by atoms with van der Waals surface area (Å²) in [6, 6.07) is 2.65. The molecule has 1 aliphatic heterocycles. The van der Waals surface area contributed by atoms with Gasteiger partial charge in [-0.05, 0) is 19.0 Å². The van der Waals surface area contributed by atoms with Crippen molar-refractivity contribution < 1.29 is 14.1 Å². The van der Waals surface area contributed by atoms with E-state index in [2.05, 4.69) is 27.3 Å². The molecule has 0 unspecified atom stereocenters. The summed E-state index contributed by atoms with van der Waals surface area (Å²) < 4.78 is 4.90. The molecule has 1 aliphatic rings. The molecule has 1 amide bonds. The van der Waals surface area contributed by atoms with Gasteiger partial charge in [-0.15, -0.1) is 0 Å². The van der Waals surface area contributed by atoms with Gasteiger partial charge in [-0.3, -0.25) is 19.8 Å². The van der Waals surface area contributed by atoms with Gasteiger partial charge in [0.25, 0.3) is 5.91 Å². The summed E-state index contributed by atoms with van der Waals surface area (Å²) in [4.78, 5) is 26.1. The Morgan fingerprint density at radius 1 is 1.39 bits per heavy atom. The average molecular weight is 323 g/mol. The van der Waals surface area contributed by atoms with Gasteiger partial charge in [-0.25, -0.2) is 5.43 Å². The Bertz CT molecular complexity index is 563. The lowest BCUT2D eigenvalue weighted by atomic mass is 10.3. The molecule has 0 saturated carbocycles. The summed E-state index contributed by atoms with van der Waals surface area (Å²) in [7, 11) is 0. The first-order chi connectivity index (χ1) is 11.1. The lowest BCUT2D eigenvalue weighted by Gasteiger charge is -2.33. The molecule has 0 bridgehead atoms. The minimum Gasteiger partial charge on any atom is -0.400 e. The van der Waals surface area contributed by atoms with E-state index in [9.17, 15) is 14.9 Å². The van der Waals surface area contributed by atoms with Crippen molar-refractivity contribution >= 4 is 18.0 Å². The molecule has 1 aromatic rings. The lowest BCUT2D eigenvalue weighted by Crippen LogP contribution is -2.49. The normalized spacial score (nSPS) is 16.7. The van der Waals surface area contributed by atoms with Gasteiger partial charge in [-0.2, -0.15) is 5.10 Å². The van der Waals surface area contributed by atoms with Crippen molar-refractivity contribution in [2.75, 3.05) is 39.3 Å². The van der Waals surface area contributed by atoms with Crippen LogP contribution in [0.15, 0.2) is 21.7 Å². The number of furan rings is 1. The quantitative estimate of drug-likeness (QED) is 0.449. The van der Waals surface area contributed by atoms with Gasteiger partial charge in [0.2, 0.25) is 0 Å². The number of nitrogens with zero attached hydrogens (tertiary/aromatic N) is 4. The minimum atomic E-state index is -0.631. The van der Waals surface area contributed by atoms with Gasteiger partial charge in [0.15, 0.2) is 5.76 Å². The molecule has 2 rings (SSSR count). The Hall–Kier alpha value is -2.26. The van der Waals surface area contributed by atoms with Crippen LogP contribution in [-0.4, -0.2) is 66.1 Å². The minimum absolute atomic E-state index is 0.213. The van der Waals surface area contributed by atoms with E-state index in [4.69, 9.17) is 4.42 Å². The number of carbonyl (C=O) groups excluding carboxylic acids is 1. The highest BCUT2D eigenvalue weighted by Crippen LogP contribution is 2.13. The predicted molar refractivity (Wildman–Crippen MR) is 84.3 cm³/mol. The van der Waals surface area contributed by atoms with E-state index in [1.807, 2.05) is 0 Å². The van der Waals surface area contributed by atoms with E-state index in [0.717, 1.165) is 39.1 Å². The third kappa shape index (κ3) is 5.46. The molecule has 0 aliphatic carbocycles. The highest BCUT2D eigenvalue weighted by molar-refractivity contribution is 5.81. The maximum absolute atomic E-state index is 11.8. The first kappa shape index (κ1) is 17.1. The molecule has 2 heterocycles. The zero-order chi connectivity index (χ0) is 16.7. The van der Waals surface area contributed by atoms with Crippen molar-refractivity contribution in [1.82, 2.24) is 15.2 Å². The highest BCUT2D eigenvalue weighted by atomic mass is 16.6. The number of piperazine rings is 1. The lowest BCUT2D eigenvalue weighted by molar-refractivity contribution is -0.402. The molecule has 126 valence electrons. The van der Waals surface area contributed by atoms with Crippen molar-refractivity contribution in [2.45, 2.75) is 13.3 Å². The standard InChI is InChI=1S/C14H21N5O4/c1-2-5-17-6-8-18(9-7-17)11-13(20)16-15-10-12-3-4-14(23-12)19(21)22/h3-4,10H,2,5-9,11H2,1H3,(H,16,20)/b15-10+. The molecule has 0 aromatic carbocycles. The van der Waals surface area contributed by atoms with Crippen LogP contribution < -0.4 is 5.43 Å². The van der Waals surface area contributed by atoms with Crippen molar-refractivity contribution in [3.05, 3.63) is 28.0 Å². The average Bonchev–Trinajstić information content (AvgIpc) is 2.99. The van der Waals surface area contributed by atoms with Crippen LogP contribution in [-0.2, 0) is 4.79 Å². The van der Waals surface area contributed by atoms with Gasteiger partial charge < -0.3 is 9.32 Å². The van der Waals surface area contributed by atoms with Gasteiger partial charge in [0.1, 0.15) is 4.92 Å². The predicted octanol–water partition coefficient (Wildman–Crippen LogP) is 0.666. The number of nitrogens with one attached hydrogen (secondary N) is 1. The van der Waals surface area contributed by atoms with E-state index in [0.29, 0.717) is 0 Å². The molecule has 1 aromatic heterocycles. The molecule has 0 spiro atoms. The molecular formula is C14H21N5O4. The SMILES string of the molecule is CCCN1CCN(CC(=O)N/N=C/c2ccc([N+](=O)[O-])o2)CC1. The van der Waals surface area contributed by atoms with Crippen molar-refractivity contribution in [3.63, 3.8) is 0 Å². The van der Waals surface area contributed by atoms with Crippen LogP contribution in [0.5, 0.6) is 0 Å². The van der Waals surface area contributed by atoms with Crippen molar-refractivity contribution in [3.8, 4) is 0 Å². The van der Waals surface area contributed by atoms with Gasteiger partial charge in [0.05, 0.1) is 18.8 Å². The Morgan fingerprint density at radius 2 is 2.09 bits per heavy atom. The molecule has 0 atom stereocenters. The fraction of sp³-hybridized carbons (Fsp3) is 0.571. The van der Waals surface area contributed by atoms with E-state index < -0.39 is 4.92 Å². The summed E-state index contributed by atoms with van der Waals surface area (Å²) in [5.41, 5.74) is 2.40. The third-order valence-electron chi connectivity index (χ3n) is 3.55. The van der Waals surface area contributed by atoms with Gasteiger partial charge in [0, 0.05) is 26.2 Å². The summed E-state index contributed by atoms with van der Waals surface area (Å²) in [6.07, 6.45) is 2.38. The Labute approximate surface area is 134 Å². The number of amides is 1. The second kappa shape index (κ2) is 8.39. The smallest absolute Gasteiger partial charge is 0.400 e. The van der Waals surface area contributed by atoms with Crippen molar-refractivity contribution in [2.24, 2.45) is 5.10 Å². The van der Waals surface area contributed by atoms with Crippen LogP contribution in [0.1, 0.15) is 19.1 Å². The number of hydrazone groups is 1. The third-order valence-corrected chi connectivity index (χ3v) is 3.55. The largest absolute Gasteiger partial charge is 0.433 e. The first-order valence-electron chi connectivity index (χ1n) is 7.59. The molecule has 1 N–H and O–H groups in total. The monoisotopic (exact) mass is 323 g/mol. The van der Waals surface area contributed by atoms with E-state index in [-0.39, 0.29) is 24.1 Å². The molecule has 9 nitrogen and oxygen atoms in total. The Kier molecular flexibility index (Phi) is 6.24. The van der Waals surface area contributed by atoms with Crippen LogP contribution in [0, 0.1) is 10.1 Å². The molecular weight excluding hydrogens is 302 g/mol. The van der Waals surface area contributed by atoms with Crippen LogP contribution in [0.25, 0.3) is 0 Å². The zero-order valence-corrected chi connectivity index (χ0v) is 13.1. The van der Waals surface area contributed by atoms with Crippen molar-refractivity contribution in [1.29, 1.82) is 0 Å². The molecule has 1 saturated heterocycles. The Balaban J connectivity index is 1.70. The maximum Gasteiger partial charge on any atom is 0.433 e. The van der Waals surface area contributed by atoms with E-state index in [1.54, 1.807) is 0 Å². The summed E-state index contributed by atoms with van der Waals surface area (Å²) in [5.74, 6) is -0.362. The first-order valence-corrected chi connectivity index (χ1v) is 7.59. The summed E-state index contributed by atoms with van der Waals surface area (Å²) in [6.45, 7) is 7.21. The highest BCUT2D eigenvalue weighted by Gasteiger charge is 2.18. The fourth-order valence-corrected chi connectivity index (χ4v) is 2.40. The molecule has 1 fully saturated rings. The maximum atomic E-state index is 11.8. The van der Waals surface area contributed by atoms with Crippen LogP contribution in [0.2, 0.25) is 0 Å². The van der Waals surface area contributed by atoms with Gasteiger partial charge in [-0.1, -0.05) is 6.92 Å². The second-order valence-electron chi connectivity index (χ2n) is 5.34. The molecule has 9 heteroatoms. The summed E-state index contributed by atoms with van der Waals surface area (Å²) in [5, 5.41) is 14.2. The number of hydrogen-bond acceptors (Lipinski definition) is 7. The fourth-order valence-electron chi connectivity index (χ4n) is 2.40. The number of hydrogen-bond donors (Lipinski definition) is 1. The number of nitro groups is 1. The molecule has 0 radical (unpaired) electrons. The van der Waals surface area contributed by atoms with E-state index >= 15 is 0 Å². The molecule has 23 heavy (non-hydrogen) atoms. The number of carbonyl (C=O) groups is 1. The zero-order valence-electron chi connectivity index (χ0n) is 13.1. The summed E-state index contributed by atoms with van der Waals surface area (Å²) >= 11 is 0. The van der Waals surface area contributed by atoms with E-state index in [1.165, 1.54) is 18.3 Å². The second-order valence-corrected chi connectivity index (χ2v) is 5.34.